The summed E-state index contributed by atoms with van der Waals surface area (Å²) in [6.07, 6.45) is 0. The van der Waals surface area contributed by atoms with Crippen LogP contribution in [0.15, 0.2) is 37.9 Å². The van der Waals surface area contributed by atoms with Gasteiger partial charge in [-0.2, -0.15) is 0 Å². The Bertz CT molecular complexity index is 1110. The zero-order chi connectivity index (χ0) is 18.6. The molecule has 1 aromatic heterocycles. The number of fused-ring (bicyclic) bond motifs is 2. The van der Waals surface area contributed by atoms with Gasteiger partial charge in [0.15, 0.2) is 6.73 Å². The summed E-state index contributed by atoms with van der Waals surface area (Å²) in [5, 5.41) is 1.62. The molecule has 2 aromatic carbocycles. The molecule has 0 saturated heterocycles. The molecule has 4 nitrogen and oxygen atoms in total. The van der Waals surface area contributed by atoms with Crippen molar-refractivity contribution >= 4 is 44.2 Å². The molecule has 0 N–H and O–H groups in total. The SMILES string of the molecule is Cc1c(C)c2cc3c(c(C)c2oc1=O)OCN(c1ccc(Br)cc1Cl)C3. The number of aryl methyl sites for hydroxylation is 2. The average molecular weight is 435 g/mol. The maximum atomic E-state index is 12.0. The number of benzene rings is 2. The summed E-state index contributed by atoms with van der Waals surface area (Å²) in [4.78, 5) is 14.1. The zero-order valence-corrected chi connectivity index (χ0v) is 17.0. The minimum absolute atomic E-state index is 0.294. The molecule has 0 fully saturated rings. The van der Waals surface area contributed by atoms with E-state index in [-0.39, 0.29) is 5.63 Å². The molecule has 134 valence electrons. The van der Waals surface area contributed by atoms with E-state index < -0.39 is 0 Å². The number of halogens is 2. The molecular formula is C20H17BrClNO3. The molecule has 4 rings (SSSR count). The number of hydrogen-bond acceptors (Lipinski definition) is 4. The van der Waals surface area contributed by atoms with Gasteiger partial charge in [-0.15, -0.1) is 0 Å². The first-order chi connectivity index (χ1) is 12.4. The number of rotatable bonds is 1. The van der Waals surface area contributed by atoms with Crippen molar-refractivity contribution < 1.29 is 9.15 Å². The summed E-state index contributed by atoms with van der Waals surface area (Å²) in [5.41, 5.74) is 4.73. The van der Waals surface area contributed by atoms with Gasteiger partial charge in [0.25, 0.3) is 0 Å². The summed E-state index contributed by atoms with van der Waals surface area (Å²) in [6, 6.07) is 7.87. The van der Waals surface area contributed by atoms with E-state index >= 15 is 0 Å². The van der Waals surface area contributed by atoms with Crippen molar-refractivity contribution in [3.8, 4) is 5.75 Å². The summed E-state index contributed by atoms with van der Waals surface area (Å²) >= 11 is 9.84. The topological polar surface area (TPSA) is 42.7 Å². The van der Waals surface area contributed by atoms with Crippen molar-refractivity contribution in [1.29, 1.82) is 0 Å². The zero-order valence-electron chi connectivity index (χ0n) is 14.7. The third-order valence-electron chi connectivity index (χ3n) is 4.98. The monoisotopic (exact) mass is 433 g/mol. The van der Waals surface area contributed by atoms with Crippen molar-refractivity contribution in [1.82, 2.24) is 0 Å². The lowest BCUT2D eigenvalue weighted by Crippen LogP contribution is -2.32. The first-order valence-corrected chi connectivity index (χ1v) is 9.43. The van der Waals surface area contributed by atoms with Crippen LogP contribution in [0.4, 0.5) is 5.69 Å². The lowest BCUT2D eigenvalue weighted by atomic mass is 9.99. The quantitative estimate of drug-likeness (QED) is 0.475. The van der Waals surface area contributed by atoms with Gasteiger partial charge in [-0.25, -0.2) is 4.79 Å². The largest absolute Gasteiger partial charge is 0.472 e. The van der Waals surface area contributed by atoms with Crippen LogP contribution in [0.2, 0.25) is 5.02 Å². The average Bonchev–Trinajstić information content (AvgIpc) is 2.61. The highest BCUT2D eigenvalue weighted by Crippen LogP contribution is 2.39. The molecule has 0 unspecified atom stereocenters. The molecule has 3 aromatic rings. The highest BCUT2D eigenvalue weighted by Gasteiger charge is 2.24. The van der Waals surface area contributed by atoms with Gasteiger partial charge in [-0.1, -0.05) is 27.5 Å². The number of ether oxygens (including phenoxy) is 1. The van der Waals surface area contributed by atoms with E-state index in [2.05, 4.69) is 26.9 Å². The molecule has 2 heterocycles. The van der Waals surface area contributed by atoms with E-state index in [0.717, 1.165) is 38.0 Å². The first kappa shape index (κ1) is 17.4. The van der Waals surface area contributed by atoms with Crippen molar-refractivity contribution in [2.75, 3.05) is 11.6 Å². The van der Waals surface area contributed by atoms with E-state index in [0.29, 0.717) is 29.4 Å². The predicted molar refractivity (Wildman–Crippen MR) is 108 cm³/mol. The second-order valence-electron chi connectivity index (χ2n) is 6.57. The first-order valence-electron chi connectivity index (χ1n) is 8.26. The fourth-order valence-electron chi connectivity index (χ4n) is 3.39. The maximum absolute atomic E-state index is 12.0. The Kier molecular flexibility index (Phi) is 4.24. The van der Waals surface area contributed by atoms with Gasteiger partial charge in [-0.3, -0.25) is 0 Å². The summed E-state index contributed by atoms with van der Waals surface area (Å²) in [5.74, 6) is 0.786. The van der Waals surface area contributed by atoms with Crippen molar-refractivity contribution in [2.45, 2.75) is 27.3 Å². The molecule has 6 heteroatoms. The van der Waals surface area contributed by atoms with E-state index in [9.17, 15) is 4.79 Å². The summed E-state index contributed by atoms with van der Waals surface area (Å²) in [6.45, 7) is 6.73. The van der Waals surface area contributed by atoms with E-state index in [1.54, 1.807) is 6.92 Å². The Labute approximate surface area is 164 Å². The summed E-state index contributed by atoms with van der Waals surface area (Å²) in [7, 11) is 0. The van der Waals surface area contributed by atoms with Gasteiger partial charge in [0.2, 0.25) is 0 Å². The standard InChI is InChI=1S/C20H17BrClNO3/c1-10-11(2)20(24)26-19-12(3)18-13(6-15(10)19)8-23(9-25-18)17-5-4-14(21)7-16(17)22/h4-7H,8-9H2,1-3H3. The minimum Gasteiger partial charge on any atom is -0.472 e. The van der Waals surface area contributed by atoms with Crippen molar-refractivity contribution in [3.05, 3.63) is 66.4 Å². The third kappa shape index (κ3) is 2.70. The normalized spacial score (nSPS) is 13.7. The molecule has 0 saturated carbocycles. The van der Waals surface area contributed by atoms with Gasteiger partial charge >= 0.3 is 5.63 Å². The van der Waals surface area contributed by atoms with Gasteiger partial charge in [0.05, 0.1) is 10.7 Å². The Morgan fingerprint density at radius 2 is 1.88 bits per heavy atom. The molecule has 0 radical (unpaired) electrons. The van der Waals surface area contributed by atoms with Crippen LogP contribution in [0.25, 0.3) is 11.0 Å². The molecular weight excluding hydrogens is 418 g/mol. The lowest BCUT2D eigenvalue weighted by molar-refractivity contribution is 0.287. The van der Waals surface area contributed by atoms with Crippen LogP contribution in [-0.2, 0) is 6.54 Å². The van der Waals surface area contributed by atoms with Crippen LogP contribution in [0, 0.1) is 20.8 Å². The van der Waals surface area contributed by atoms with Crippen molar-refractivity contribution in [2.24, 2.45) is 0 Å². The molecule has 0 aliphatic carbocycles. The second kappa shape index (κ2) is 6.32. The van der Waals surface area contributed by atoms with E-state index in [4.69, 9.17) is 20.8 Å². The van der Waals surface area contributed by atoms with Crippen LogP contribution in [-0.4, -0.2) is 6.73 Å². The molecule has 1 aliphatic heterocycles. The fraction of sp³-hybridized carbons (Fsp3) is 0.250. The third-order valence-corrected chi connectivity index (χ3v) is 5.78. The molecule has 1 aliphatic rings. The highest BCUT2D eigenvalue weighted by molar-refractivity contribution is 9.10. The second-order valence-corrected chi connectivity index (χ2v) is 7.90. The van der Waals surface area contributed by atoms with E-state index in [1.165, 1.54) is 0 Å². The highest BCUT2D eigenvalue weighted by atomic mass is 79.9. The van der Waals surface area contributed by atoms with Crippen molar-refractivity contribution in [3.63, 3.8) is 0 Å². The number of anilines is 1. The van der Waals surface area contributed by atoms with Crippen LogP contribution >= 0.6 is 27.5 Å². The van der Waals surface area contributed by atoms with Crippen LogP contribution < -0.4 is 15.3 Å². The van der Waals surface area contributed by atoms with Crippen LogP contribution in [0.1, 0.15) is 22.3 Å². The molecule has 26 heavy (non-hydrogen) atoms. The molecule has 0 bridgehead atoms. The fourth-order valence-corrected chi connectivity index (χ4v) is 4.18. The predicted octanol–water partition coefficient (Wildman–Crippen LogP) is 5.49. The van der Waals surface area contributed by atoms with Gasteiger partial charge < -0.3 is 14.1 Å². The Morgan fingerprint density at radius 1 is 1.12 bits per heavy atom. The number of hydrogen-bond donors (Lipinski definition) is 0. The number of nitrogens with zero attached hydrogens (tertiary/aromatic N) is 1. The molecule has 0 spiro atoms. The molecule has 0 atom stereocenters. The smallest absolute Gasteiger partial charge is 0.339 e. The Balaban J connectivity index is 1.84. The lowest BCUT2D eigenvalue weighted by Gasteiger charge is -2.32. The van der Waals surface area contributed by atoms with Crippen LogP contribution in [0.5, 0.6) is 5.75 Å². The minimum atomic E-state index is -0.294. The van der Waals surface area contributed by atoms with Gasteiger partial charge in [0.1, 0.15) is 11.3 Å². The summed E-state index contributed by atoms with van der Waals surface area (Å²) < 4.78 is 12.5. The van der Waals surface area contributed by atoms with E-state index in [1.807, 2.05) is 32.0 Å². The Morgan fingerprint density at radius 3 is 2.62 bits per heavy atom. The molecule has 0 amide bonds. The maximum Gasteiger partial charge on any atom is 0.339 e. The Hall–Kier alpha value is -1.98. The van der Waals surface area contributed by atoms with Gasteiger partial charge in [-0.05, 0) is 50.6 Å². The van der Waals surface area contributed by atoms with Crippen LogP contribution in [0.3, 0.4) is 0 Å². The van der Waals surface area contributed by atoms with Gasteiger partial charge in [0, 0.05) is 33.1 Å².